The number of esters is 1. The molecule has 0 aliphatic carbocycles. The van der Waals surface area contributed by atoms with Crippen molar-refractivity contribution in [3.8, 4) is 0 Å². The number of rotatable bonds is 5. The quantitative estimate of drug-likeness (QED) is 0.696. The number of carbonyl (C=O) groups excluding carboxylic acids is 2. The summed E-state index contributed by atoms with van der Waals surface area (Å²) < 4.78 is 6.48. The van der Waals surface area contributed by atoms with Crippen LogP contribution >= 0.6 is 11.6 Å². The smallest absolute Gasteiger partial charge is 0.337 e. The number of amides is 1. The topological polar surface area (TPSA) is 73.2 Å². The predicted molar refractivity (Wildman–Crippen MR) is 100 cm³/mol. The van der Waals surface area contributed by atoms with Crippen molar-refractivity contribution in [2.45, 2.75) is 12.8 Å². The minimum Gasteiger partial charge on any atom is -0.465 e. The number of imidazole rings is 1. The van der Waals surface area contributed by atoms with Crippen LogP contribution in [0.5, 0.6) is 0 Å². The number of aromatic nitrogens is 2. The average molecular weight is 372 g/mol. The highest BCUT2D eigenvalue weighted by Crippen LogP contribution is 2.22. The Labute approximate surface area is 155 Å². The van der Waals surface area contributed by atoms with Crippen LogP contribution in [0.3, 0.4) is 0 Å². The van der Waals surface area contributed by atoms with Crippen LogP contribution < -0.4 is 5.32 Å². The fourth-order valence-electron chi connectivity index (χ4n) is 2.66. The Kier molecular flexibility index (Phi) is 5.23. The first-order valence-corrected chi connectivity index (χ1v) is 8.45. The summed E-state index contributed by atoms with van der Waals surface area (Å²) in [5.74, 6) is -0.0314. The number of methoxy groups -OCH3 is 1. The molecule has 0 radical (unpaired) electrons. The average Bonchev–Trinajstić information content (AvgIpc) is 2.94. The molecule has 2 aromatic carbocycles. The van der Waals surface area contributed by atoms with Gasteiger partial charge in [0.05, 0.1) is 23.7 Å². The fraction of sp³-hybridized carbons (Fsp3) is 0.211. The zero-order valence-corrected chi connectivity index (χ0v) is 15.2. The fourth-order valence-corrected chi connectivity index (χ4v) is 2.82. The van der Waals surface area contributed by atoms with E-state index in [1.165, 1.54) is 7.11 Å². The van der Waals surface area contributed by atoms with Crippen molar-refractivity contribution >= 4 is 40.5 Å². The number of nitrogens with one attached hydrogen (secondary N) is 1. The molecule has 0 unspecified atom stereocenters. The molecule has 0 atom stereocenters. The Hall–Kier alpha value is -2.86. The summed E-state index contributed by atoms with van der Waals surface area (Å²) in [6.45, 7) is 0. The van der Waals surface area contributed by atoms with Crippen molar-refractivity contribution in [2.24, 2.45) is 7.05 Å². The molecule has 1 N–H and O–H groups in total. The van der Waals surface area contributed by atoms with Crippen LogP contribution in [0.2, 0.25) is 5.02 Å². The molecule has 1 heterocycles. The predicted octanol–water partition coefficient (Wildman–Crippen LogP) is 3.58. The molecule has 0 spiro atoms. The molecule has 26 heavy (non-hydrogen) atoms. The summed E-state index contributed by atoms with van der Waals surface area (Å²) >= 11 is 5.98. The molecule has 134 valence electrons. The van der Waals surface area contributed by atoms with Crippen molar-refractivity contribution in [1.29, 1.82) is 0 Å². The van der Waals surface area contributed by atoms with E-state index in [-0.39, 0.29) is 11.9 Å². The summed E-state index contributed by atoms with van der Waals surface area (Å²) in [5.41, 5.74) is 3.07. The number of aryl methyl sites for hydroxylation is 2. The van der Waals surface area contributed by atoms with Gasteiger partial charge in [0.1, 0.15) is 0 Å². The molecular formula is C19H18ClN3O3. The van der Waals surface area contributed by atoms with Crippen molar-refractivity contribution < 1.29 is 14.3 Å². The van der Waals surface area contributed by atoms with E-state index in [2.05, 4.69) is 15.0 Å². The van der Waals surface area contributed by atoms with Gasteiger partial charge in [-0.3, -0.25) is 10.1 Å². The molecule has 3 aromatic rings. The lowest BCUT2D eigenvalue weighted by atomic mass is 10.1. The highest BCUT2D eigenvalue weighted by molar-refractivity contribution is 6.31. The number of carbonyl (C=O) groups is 2. The Morgan fingerprint density at radius 1 is 1.19 bits per heavy atom. The van der Waals surface area contributed by atoms with E-state index in [0.717, 1.165) is 16.6 Å². The molecule has 0 aliphatic rings. The Morgan fingerprint density at radius 3 is 2.62 bits per heavy atom. The minimum atomic E-state index is -0.378. The maximum absolute atomic E-state index is 12.2. The summed E-state index contributed by atoms with van der Waals surface area (Å²) in [6, 6.07) is 12.4. The minimum absolute atomic E-state index is 0.133. The maximum atomic E-state index is 12.2. The first kappa shape index (κ1) is 17.9. The number of halogens is 1. The van der Waals surface area contributed by atoms with Gasteiger partial charge in [0.15, 0.2) is 0 Å². The van der Waals surface area contributed by atoms with Gasteiger partial charge < -0.3 is 9.30 Å². The van der Waals surface area contributed by atoms with E-state index in [9.17, 15) is 9.59 Å². The molecule has 0 bridgehead atoms. The molecule has 1 amide bonds. The zero-order valence-electron chi connectivity index (χ0n) is 14.5. The number of benzene rings is 2. The van der Waals surface area contributed by atoms with E-state index in [4.69, 9.17) is 11.6 Å². The highest BCUT2D eigenvalue weighted by Gasteiger charge is 2.11. The number of hydrogen-bond acceptors (Lipinski definition) is 4. The van der Waals surface area contributed by atoms with E-state index in [1.54, 1.807) is 24.3 Å². The first-order valence-electron chi connectivity index (χ1n) is 8.07. The summed E-state index contributed by atoms with van der Waals surface area (Å²) in [5, 5.41) is 3.42. The van der Waals surface area contributed by atoms with E-state index < -0.39 is 0 Å². The van der Waals surface area contributed by atoms with Crippen LogP contribution in [0.25, 0.3) is 11.0 Å². The van der Waals surface area contributed by atoms with Crippen molar-refractivity contribution in [3.63, 3.8) is 0 Å². The number of ether oxygens (including phenoxy) is 1. The van der Waals surface area contributed by atoms with Gasteiger partial charge in [0, 0.05) is 18.5 Å². The third kappa shape index (κ3) is 3.86. The number of nitrogens with zero attached hydrogens (tertiary/aromatic N) is 2. The van der Waals surface area contributed by atoms with Crippen LogP contribution in [0.1, 0.15) is 22.3 Å². The Balaban J connectivity index is 1.62. The Morgan fingerprint density at radius 2 is 1.92 bits per heavy atom. The summed E-state index contributed by atoms with van der Waals surface area (Å²) in [4.78, 5) is 28.1. The van der Waals surface area contributed by atoms with E-state index >= 15 is 0 Å². The molecular weight excluding hydrogens is 354 g/mol. The molecule has 7 heteroatoms. The first-order chi connectivity index (χ1) is 12.5. The molecule has 0 saturated heterocycles. The van der Waals surface area contributed by atoms with Gasteiger partial charge in [-0.25, -0.2) is 9.78 Å². The number of anilines is 1. The standard InChI is InChI=1S/C19H18ClN3O3/c1-23-16-9-8-14(20)11-15(16)21-19(23)22-17(24)10-5-12-3-6-13(7-4-12)18(25)26-2/h3-4,6-9,11H,5,10H2,1-2H3,(H,21,22,24). The molecule has 0 aliphatic heterocycles. The van der Waals surface area contributed by atoms with E-state index in [0.29, 0.717) is 29.4 Å². The number of hydrogen-bond donors (Lipinski definition) is 1. The van der Waals surface area contributed by atoms with Crippen LogP contribution in [-0.2, 0) is 23.0 Å². The van der Waals surface area contributed by atoms with Crippen LogP contribution in [0.15, 0.2) is 42.5 Å². The molecule has 0 fully saturated rings. The normalized spacial score (nSPS) is 10.7. The largest absolute Gasteiger partial charge is 0.465 e. The molecule has 6 nitrogen and oxygen atoms in total. The van der Waals surface area contributed by atoms with Crippen LogP contribution in [0.4, 0.5) is 5.95 Å². The molecule has 3 rings (SSSR count). The van der Waals surface area contributed by atoms with Gasteiger partial charge in [-0.15, -0.1) is 0 Å². The van der Waals surface area contributed by atoms with Crippen LogP contribution in [-0.4, -0.2) is 28.5 Å². The summed E-state index contributed by atoms with van der Waals surface area (Å²) in [6.07, 6.45) is 0.866. The van der Waals surface area contributed by atoms with Gasteiger partial charge in [-0.1, -0.05) is 23.7 Å². The van der Waals surface area contributed by atoms with Gasteiger partial charge in [0.2, 0.25) is 11.9 Å². The van der Waals surface area contributed by atoms with Crippen molar-refractivity contribution in [3.05, 3.63) is 58.6 Å². The number of fused-ring (bicyclic) bond motifs is 1. The van der Waals surface area contributed by atoms with Crippen LogP contribution in [0, 0.1) is 0 Å². The second-order valence-electron chi connectivity index (χ2n) is 5.86. The van der Waals surface area contributed by atoms with Crippen molar-refractivity contribution in [1.82, 2.24) is 9.55 Å². The lowest BCUT2D eigenvalue weighted by Gasteiger charge is -2.06. The van der Waals surface area contributed by atoms with Crippen molar-refractivity contribution in [2.75, 3.05) is 12.4 Å². The van der Waals surface area contributed by atoms with Gasteiger partial charge >= 0.3 is 5.97 Å². The maximum Gasteiger partial charge on any atom is 0.337 e. The molecule has 0 saturated carbocycles. The zero-order chi connectivity index (χ0) is 18.7. The lowest BCUT2D eigenvalue weighted by Crippen LogP contribution is -2.15. The van der Waals surface area contributed by atoms with Gasteiger partial charge in [-0.05, 0) is 42.3 Å². The SMILES string of the molecule is COC(=O)c1ccc(CCC(=O)Nc2nc3cc(Cl)ccc3n2C)cc1. The third-order valence-electron chi connectivity index (χ3n) is 4.11. The summed E-state index contributed by atoms with van der Waals surface area (Å²) in [7, 11) is 3.18. The third-order valence-corrected chi connectivity index (χ3v) is 4.34. The monoisotopic (exact) mass is 371 g/mol. The van der Waals surface area contributed by atoms with Gasteiger partial charge in [-0.2, -0.15) is 0 Å². The highest BCUT2D eigenvalue weighted by atomic mass is 35.5. The second-order valence-corrected chi connectivity index (χ2v) is 6.30. The molecule has 1 aromatic heterocycles. The Bertz CT molecular complexity index is 964. The second kappa shape index (κ2) is 7.58. The van der Waals surface area contributed by atoms with Gasteiger partial charge in [0.25, 0.3) is 0 Å². The lowest BCUT2D eigenvalue weighted by molar-refractivity contribution is -0.116. The van der Waals surface area contributed by atoms with E-state index in [1.807, 2.05) is 29.8 Å².